The highest BCUT2D eigenvalue weighted by Crippen LogP contribution is 2.21. The molecule has 0 aromatic heterocycles. The Bertz CT molecular complexity index is 368. The standard InChI is InChI=1S/C10H12F2O2S/c1-7(15(14)5-4-13)8-2-3-9(11)10(12)6-8/h2-3,6-7,13H,4-5H2,1H3/t7-,15+/m1/s1. The van der Waals surface area contributed by atoms with E-state index in [0.29, 0.717) is 5.56 Å². The van der Waals surface area contributed by atoms with Gasteiger partial charge in [0.15, 0.2) is 11.6 Å². The summed E-state index contributed by atoms with van der Waals surface area (Å²) in [5, 5.41) is 8.19. The predicted octanol–water partition coefficient (Wildman–Crippen LogP) is 1.77. The second-order valence-electron chi connectivity index (χ2n) is 3.12. The monoisotopic (exact) mass is 234 g/mol. The van der Waals surface area contributed by atoms with E-state index in [4.69, 9.17) is 5.11 Å². The highest BCUT2D eigenvalue weighted by Gasteiger charge is 2.14. The van der Waals surface area contributed by atoms with E-state index in [1.165, 1.54) is 6.07 Å². The Morgan fingerprint density at radius 3 is 2.60 bits per heavy atom. The first-order valence-corrected chi connectivity index (χ1v) is 5.87. The van der Waals surface area contributed by atoms with Gasteiger partial charge < -0.3 is 5.11 Å². The van der Waals surface area contributed by atoms with Crippen molar-refractivity contribution in [1.82, 2.24) is 0 Å². The summed E-state index contributed by atoms with van der Waals surface area (Å²) in [5.74, 6) is -1.72. The van der Waals surface area contributed by atoms with Gasteiger partial charge in [0.05, 0.1) is 11.9 Å². The van der Waals surface area contributed by atoms with Crippen LogP contribution in [0.25, 0.3) is 0 Å². The van der Waals surface area contributed by atoms with Gasteiger partial charge in [0.2, 0.25) is 0 Å². The van der Waals surface area contributed by atoms with Crippen LogP contribution in [0.5, 0.6) is 0 Å². The van der Waals surface area contributed by atoms with E-state index in [2.05, 4.69) is 0 Å². The lowest BCUT2D eigenvalue weighted by molar-refractivity contribution is 0.321. The van der Waals surface area contributed by atoms with Crippen molar-refractivity contribution in [2.75, 3.05) is 12.4 Å². The molecule has 1 aromatic rings. The SMILES string of the molecule is C[C@H](c1ccc(F)c(F)c1)[S@@](=O)CCO. The summed E-state index contributed by atoms with van der Waals surface area (Å²) in [5.41, 5.74) is 0.473. The summed E-state index contributed by atoms with van der Waals surface area (Å²) in [7, 11) is -1.27. The molecule has 0 amide bonds. The number of hydrogen-bond acceptors (Lipinski definition) is 2. The highest BCUT2D eigenvalue weighted by atomic mass is 32.2. The number of hydrogen-bond donors (Lipinski definition) is 1. The van der Waals surface area contributed by atoms with Gasteiger partial charge >= 0.3 is 0 Å². The Morgan fingerprint density at radius 2 is 2.07 bits per heavy atom. The lowest BCUT2D eigenvalue weighted by atomic mass is 10.1. The molecule has 0 fully saturated rings. The number of rotatable bonds is 4. The Kier molecular flexibility index (Phi) is 4.35. The third-order valence-corrected chi connectivity index (χ3v) is 3.75. The predicted molar refractivity (Wildman–Crippen MR) is 54.9 cm³/mol. The van der Waals surface area contributed by atoms with E-state index in [-0.39, 0.29) is 12.4 Å². The van der Waals surface area contributed by atoms with Gasteiger partial charge in [0.1, 0.15) is 0 Å². The second kappa shape index (κ2) is 5.32. The number of aliphatic hydroxyl groups excluding tert-OH is 1. The minimum absolute atomic E-state index is 0.139. The average molecular weight is 234 g/mol. The van der Waals surface area contributed by atoms with Crippen molar-refractivity contribution in [3.05, 3.63) is 35.4 Å². The molecule has 15 heavy (non-hydrogen) atoms. The first-order chi connectivity index (χ1) is 7.06. The van der Waals surface area contributed by atoms with Gasteiger partial charge in [-0.05, 0) is 24.6 Å². The van der Waals surface area contributed by atoms with Crippen LogP contribution in [0.2, 0.25) is 0 Å². The van der Waals surface area contributed by atoms with Gasteiger partial charge in [0.25, 0.3) is 0 Å². The summed E-state index contributed by atoms with van der Waals surface area (Å²) < 4.78 is 37.0. The van der Waals surface area contributed by atoms with E-state index < -0.39 is 27.7 Å². The number of aliphatic hydroxyl groups is 1. The molecule has 0 heterocycles. The summed E-state index contributed by atoms with van der Waals surface area (Å²) in [6.07, 6.45) is 0. The molecule has 0 bridgehead atoms. The van der Waals surface area contributed by atoms with Crippen LogP contribution in [0.3, 0.4) is 0 Å². The van der Waals surface area contributed by atoms with Crippen LogP contribution < -0.4 is 0 Å². The summed E-state index contributed by atoms with van der Waals surface area (Å²) >= 11 is 0. The Labute approximate surface area is 89.4 Å². The lowest BCUT2D eigenvalue weighted by Gasteiger charge is -2.11. The third kappa shape index (κ3) is 3.07. The Hall–Kier alpha value is -0.810. The maximum atomic E-state index is 12.9. The normalized spacial score (nSPS) is 14.9. The van der Waals surface area contributed by atoms with Crippen molar-refractivity contribution >= 4 is 10.8 Å². The fourth-order valence-corrected chi connectivity index (χ4v) is 2.17. The van der Waals surface area contributed by atoms with E-state index >= 15 is 0 Å². The molecule has 1 aromatic carbocycles. The molecule has 0 radical (unpaired) electrons. The summed E-state index contributed by atoms with van der Waals surface area (Å²) in [6, 6.07) is 3.45. The van der Waals surface area contributed by atoms with Crippen LogP contribution in [0.1, 0.15) is 17.7 Å². The van der Waals surface area contributed by atoms with Crippen molar-refractivity contribution in [3.8, 4) is 0 Å². The van der Waals surface area contributed by atoms with Crippen LogP contribution in [-0.2, 0) is 10.8 Å². The zero-order valence-corrected chi connectivity index (χ0v) is 9.06. The largest absolute Gasteiger partial charge is 0.395 e. The first kappa shape index (κ1) is 12.3. The zero-order valence-electron chi connectivity index (χ0n) is 8.24. The van der Waals surface area contributed by atoms with Crippen molar-refractivity contribution < 1.29 is 18.1 Å². The van der Waals surface area contributed by atoms with Gasteiger partial charge in [-0.1, -0.05) is 6.07 Å². The topological polar surface area (TPSA) is 37.3 Å². The van der Waals surface area contributed by atoms with E-state index in [1.807, 2.05) is 0 Å². The van der Waals surface area contributed by atoms with Crippen molar-refractivity contribution in [1.29, 1.82) is 0 Å². The van der Waals surface area contributed by atoms with Crippen LogP contribution >= 0.6 is 0 Å². The zero-order chi connectivity index (χ0) is 11.4. The average Bonchev–Trinajstić information content (AvgIpc) is 2.21. The van der Waals surface area contributed by atoms with Crippen LogP contribution in [0.15, 0.2) is 18.2 Å². The molecule has 84 valence electrons. The molecule has 0 spiro atoms. The maximum Gasteiger partial charge on any atom is 0.159 e. The lowest BCUT2D eigenvalue weighted by Crippen LogP contribution is -2.09. The maximum absolute atomic E-state index is 12.9. The molecule has 2 nitrogen and oxygen atoms in total. The Balaban J connectivity index is 2.86. The Morgan fingerprint density at radius 1 is 1.40 bits per heavy atom. The molecular formula is C10H12F2O2S. The van der Waals surface area contributed by atoms with Crippen LogP contribution in [0.4, 0.5) is 8.78 Å². The highest BCUT2D eigenvalue weighted by molar-refractivity contribution is 7.85. The van der Waals surface area contributed by atoms with Gasteiger partial charge in [-0.3, -0.25) is 4.21 Å². The molecular weight excluding hydrogens is 222 g/mol. The molecule has 0 unspecified atom stereocenters. The summed E-state index contributed by atoms with van der Waals surface area (Å²) in [6.45, 7) is 1.47. The molecule has 1 rings (SSSR count). The molecule has 0 aliphatic heterocycles. The molecule has 0 aliphatic rings. The van der Waals surface area contributed by atoms with Gasteiger partial charge in [-0.25, -0.2) is 8.78 Å². The third-order valence-electron chi connectivity index (χ3n) is 2.10. The van der Waals surface area contributed by atoms with Gasteiger partial charge in [-0.15, -0.1) is 0 Å². The van der Waals surface area contributed by atoms with E-state index in [0.717, 1.165) is 12.1 Å². The molecule has 0 aliphatic carbocycles. The summed E-state index contributed by atoms with van der Waals surface area (Å²) in [4.78, 5) is 0. The fraction of sp³-hybridized carbons (Fsp3) is 0.400. The van der Waals surface area contributed by atoms with Crippen LogP contribution in [-0.4, -0.2) is 21.7 Å². The molecule has 1 N–H and O–H groups in total. The minimum Gasteiger partial charge on any atom is -0.395 e. The van der Waals surface area contributed by atoms with Crippen LogP contribution in [0, 0.1) is 11.6 Å². The molecule has 5 heteroatoms. The molecule has 0 saturated carbocycles. The minimum atomic E-state index is -1.27. The van der Waals surface area contributed by atoms with Crippen molar-refractivity contribution in [3.63, 3.8) is 0 Å². The van der Waals surface area contributed by atoms with Gasteiger partial charge in [-0.2, -0.15) is 0 Å². The smallest absolute Gasteiger partial charge is 0.159 e. The van der Waals surface area contributed by atoms with E-state index in [1.54, 1.807) is 6.92 Å². The van der Waals surface area contributed by atoms with E-state index in [9.17, 15) is 13.0 Å². The van der Waals surface area contributed by atoms with Crippen molar-refractivity contribution in [2.45, 2.75) is 12.2 Å². The van der Waals surface area contributed by atoms with Crippen molar-refractivity contribution in [2.24, 2.45) is 0 Å². The van der Waals surface area contributed by atoms with Gasteiger partial charge in [0, 0.05) is 16.6 Å². The second-order valence-corrected chi connectivity index (χ2v) is 5.00. The quantitative estimate of drug-likeness (QED) is 0.862. The molecule has 0 saturated heterocycles. The number of benzene rings is 1. The molecule has 2 atom stereocenters. The first-order valence-electron chi connectivity index (χ1n) is 4.49. The number of halogens is 2. The fourth-order valence-electron chi connectivity index (χ4n) is 1.18.